The van der Waals surface area contributed by atoms with Crippen LogP contribution in [0, 0.1) is 11.8 Å². The standard InChI is InChI=1S/C12H23N/c1-4-6-11-7-5-8-12(11)13-9-10(2)3/h4,10-13H,1,5-9H2,2-3H3. The molecule has 2 unspecified atom stereocenters. The van der Waals surface area contributed by atoms with Crippen LogP contribution in [0.2, 0.25) is 0 Å². The molecule has 0 aromatic carbocycles. The van der Waals surface area contributed by atoms with Gasteiger partial charge in [0.2, 0.25) is 0 Å². The van der Waals surface area contributed by atoms with Gasteiger partial charge in [0.05, 0.1) is 0 Å². The van der Waals surface area contributed by atoms with Gasteiger partial charge in [-0.25, -0.2) is 0 Å². The molecule has 2 atom stereocenters. The van der Waals surface area contributed by atoms with Crippen LogP contribution in [-0.2, 0) is 0 Å². The Hall–Kier alpha value is -0.300. The first-order valence-electron chi connectivity index (χ1n) is 5.58. The van der Waals surface area contributed by atoms with E-state index in [0.29, 0.717) is 0 Å². The molecule has 1 fully saturated rings. The SMILES string of the molecule is C=CCC1CCCC1NCC(C)C. The Balaban J connectivity index is 2.26. The molecular weight excluding hydrogens is 158 g/mol. The summed E-state index contributed by atoms with van der Waals surface area (Å²) in [7, 11) is 0. The average molecular weight is 181 g/mol. The Morgan fingerprint density at radius 2 is 2.23 bits per heavy atom. The minimum atomic E-state index is 0.764. The fourth-order valence-corrected chi connectivity index (χ4v) is 2.19. The van der Waals surface area contributed by atoms with Crippen LogP contribution in [0.5, 0.6) is 0 Å². The van der Waals surface area contributed by atoms with Crippen LogP contribution < -0.4 is 5.32 Å². The fraction of sp³-hybridized carbons (Fsp3) is 0.833. The molecule has 1 nitrogen and oxygen atoms in total. The second-order valence-corrected chi connectivity index (χ2v) is 4.62. The zero-order chi connectivity index (χ0) is 9.68. The molecule has 1 aliphatic rings. The third-order valence-electron chi connectivity index (χ3n) is 2.92. The number of hydrogen-bond donors (Lipinski definition) is 1. The number of allylic oxidation sites excluding steroid dienone is 1. The molecule has 0 aromatic heterocycles. The van der Waals surface area contributed by atoms with Crippen LogP contribution in [-0.4, -0.2) is 12.6 Å². The first-order valence-corrected chi connectivity index (χ1v) is 5.58. The summed E-state index contributed by atoms with van der Waals surface area (Å²) in [6.45, 7) is 9.53. The van der Waals surface area contributed by atoms with Crippen molar-refractivity contribution in [1.29, 1.82) is 0 Å². The van der Waals surface area contributed by atoms with Crippen LogP contribution >= 0.6 is 0 Å². The van der Waals surface area contributed by atoms with Gasteiger partial charge in [0.25, 0.3) is 0 Å². The normalized spacial score (nSPS) is 28.2. The maximum atomic E-state index is 3.83. The van der Waals surface area contributed by atoms with Gasteiger partial charge in [0, 0.05) is 6.04 Å². The summed E-state index contributed by atoms with van der Waals surface area (Å²) in [6, 6.07) is 0.764. The van der Waals surface area contributed by atoms with Crippen LogP contribution in [0.4, 0.5) is 0 Å². The van der Waals surface area contributed by atoms with E-state index in [1.54, 1.807) is 0 Å². The molecule has 76 valence electrons. The van der Waals surface area contributed by atoms with Crippen molar-refractivity contribution in [2.75, 3.05) is 6.54 Å². The van der Waals surface area contributed by atoms with Gasteiger partial charge in [-0.15, -0.1) is 6.58 Å². The van der Waals surface area contributed by atoms with Gasteiger partial charge in [0.15, 0.2) is 0 Å². The maximum absolute atomic E-state index is 3.83. The highest BCUT2D eigenvalue weighted by molar-refractivity contribution is 4.87. The van der Waals surface area contributed by atoms with Gasteiger partial charge in [-0.05, 0) is 37.6 Å². The van der Waals surface area contributed by atoms with Gasteiger partial charge in [-0.1, -0.05) is 26.3 Å². The molecule has 0 spiro atoms. The van der Waals surface area contributed by atoms with Crippen molar-refractivity contribution in [3.8, 4) is 0 Å². The molecule has 13 heavy (non-hydrogen) atoms. The van der Waals surface area contributed by atoms with Gasteiger partial charge in [-0.3, -0.25) is 0 Å². The topological polar surface area (TPSA) is 12.0 Å². The molecule has 0 heterocycles. The molecule has 0 bridgehead atoms. The number of hydrogen-bond acceptors (Lipinski definition) is 1. The largest absolute Gasteiger partial charge is 0.313 e. The Bertz CT molecular complexity index is 151. The first kappa shape index (κ1) is 10.8. The molecule has 1 saturated carbocycles. The average Bonchev–Trinajstić information content (AvgIpc) is 2.49. The summed E-state index contributed by atoms with van der Waals surface area (Å²) in [6.07, 6.45) is 7.41. The summed E-state index contributed by atoms with van der Waals surface area (Å²) in [5.74, 6) is 1.63. The van der Waals surface area contributed by atoms with E-state index in [2.05, 4.69) is 31.8 Å². The quantitative estimate of drug-likeness (QED) is 0.643. The molecule has 0 amide bonds. The minimum absolute atomic E-state index is 0.764. The van der Waals surface area contributed by atoms with Crippen molar-refractivity contribution in [3.63, 3.8) is 0 Å². The Labute approximate surface area is 82.6 Å². The van der Waals surface area contributed by atoms with Crippen molar-refractivity contribution >= 4 is 0 Å². The lowest BCUT2D eigenvalue weighted by molar-refractivity contribution is 0.382. The molecule has 0 radical (unpaired) electrons. The van der Waals surface area contributed by atoms with E-state index in [1.807, 2.05) is 0 Å². The van der Waals surface area contributed by atoms with Crippen LogP contribution in [0.1, 0.15) is 39.5 Å². The summed E-state index contributed by atoms with van der Waals surface area (Å²) in [5.41, 5.74) is 0. The van der Waals surface area contributed by atoms with Crippen molar-refractivity contribution < 1.29 is 0 Å². The number of rotatable bonds is 5. The lowest BCUT2D eigenvalue weighted by atomic mass is 9.99. The predicted octanol–water partition coefficient (Wildman–Crippen LogP) is 2.98. The molecule has 1 N–H and O–H groups in total. The van der Waals surface area contributed by atoms with Gasteiger partial charge in [-0.2, -0.15) is 0 Å². The molecule has 0 saturated heterocycles. The molecular formula is C12H23N. The van der Waals surface area contributed by atoms with E-state index < -0.39 is 0 Å². The second-order valence-electron chi connectivity index (χ2n) is 4.62. The molecule has 0 aliphatic heterocycles. The zero-order valence-corrected chi connectivity index (χ0v) is 9.05. The summed E-state index contributed by atoms with van der Waals surface area (Å²) in [4.78, 5) is 0. The monoisotopic (exact) mass is 181 g/mol. The van der Waals surface area contributed by atoms with Gasteiger partial charge in [0.1, 0.15) is 0 Å². The molecule has 0 aromatic rings. The smallest absolute Gasteiger partial charge is 0.00983 e. The Morgan fingerprint density at radius 1 is 1.46 bits per heavy atom. The zero-order valence-electron chi connectivity index (χ0n) is 9.05. The minimum Gasteiger partial charge on any atom is -0.313 e. The highest BCUT2D eigenvalue weighted by Gasteiger charge is 2.25. The number of nitrogens with one attached hydrogen (secondary N) is 1. The predicted molar refractivity (Wildman–Crippen MR) is 58.8 cm³/mol. The highest BCUT2D eigenvalue weighted by Crippen LogP contribution is 2.28. The third kappa shape index (κ3) is 3.51. The first-order chi connectivity index (χ1) is 6.24. The Morgan fingerprint density at radius 3 is 2.85 bits per heavy atom. The molecule has 1 rings (SSSR count). The lowest BCUT2D eigenvalue weighted by Gasteiger charge is -2.20. The van der Waals surface area contributed by atoms with E-state index in [0.717, 1.165) is 24.4 Å². The van der Waals surface area contributed by atoms with E-state index in [-0.39, 0.29) is 0 Å². The lowest BCUT2D eigenvalue weighted by Crippen LogP contribution is -2.34. The summed E-state index contributed by atoms with van der Waals surface area (Å²) < 4.78 is 0. The Kier molecular flexibility index (Phi) is 4.51. The van der Waals surface area contributed by atoms with E-state index in [9.17, 15) is 0 Å². The maximum Gasteiger partial charge on any atom is 0.00983 e. The van der Waals surface area contributed by atoms with Crippen molar-refractivity contribution in [2.24, 2.45) is 11.8 Å². The summed E-state index contributed by atoms with van der Waals surface area (Å²) >= 11 is 0. The van der Waals surface area contributed by atoms with Crippen LogP contribution in [0.25, 0.3) is 0 Å². The second kappa shape index (κ2) is 5.43. The van der Waals surface area contributed by atoms with E-state index in [1.165, 1.54) is 25.7 Å². The van der Waals surface area contributed by atoms with E-state index in [4.69, 9.17) is 0 Å². The highest BCUT2D eigenvalue weighted by atomic mass is 14.9. The van der Waals surface area contributed by atoms with Crippen LogP contribution in [0.15, 0.2) is 12.7 Å². The van der Waals surface area contributed by atoms with E-state index >= 15 is 0 Å². The van der Waals surface area contributed by atoms with Gasteiger partial charge < -0.3 is 5.32 Å². The fourth-order valence-electron chi connectivity index (χ4n) is 2.19. The van der Waals surface area contributed by atoms with Crippen molar-refractivity contribution in [3.05, 3.63) is 12.7 Å². The molecule has 1 aliphatic carbocycles. The third-order valence-corrected chi connectivity index (χ3v) is 2.92. The van der Waals surface area contributed by atoms with Crippen molar-refractivity contribution in [1.82, 2.24) is 5.32 Å². The molecule has 1 heteroatoms. The van der Waals surface area contributed by atoms with Crippen molar-refractivity contribution in [2.45, 2.75) is 45.6 Å². The summed E-state index contributed by atoms with van der Waals surface area (Å²) in [5, 5.41) is 3.67. The van der Waals surface area contributed by atoms with Gasteiger partial charge >= 0.3 is 0 Å². The van der Waals surface area contributed by atoms with Crippen LogP contribution in [0.3, 0.4) is 0 Å².